The molecule has 25 heavy (non-hydrogen) atoms. The third-order valence-corrected chi connectivity index (χ3v) is 4.16. The summed E-state index contributed by atoms with van der Waals surface area (Å²) in [5, 5.41) is 0.526. The van der Waals surface area contributed by atoms with E-state index in [0.29, 0.717) is 32.8 Å². The van der Waals surface area contributed by atoms with Crippen molar-refractivity contribution >= 4 is 23.1 Å². The Balaban J connectivity index is 2.10. The third-order valence-electron chi connectivity index (χ3n) is 3.91. The van der Waals surface area contributed by atoms with E-state index in [4.69, 9.17) is 17.3 Å². The van der Waals surface area contributed by atoms with Gasteiger partial charge in [-0.1, -0.05) is 29.8 Å². The molecule has 0 aromatic heterocycles. The van der Waals surface area contributed by atoms with Gasteiger partial charge in [0.05, 0.1) is 0 Å². The van der Waals surface area contributed by atoms with Crippen molar-refractivity contribution in [1.82, 2.24) is 4.90 Å². The van der Waals surface area contributed by atoms with E-state index in [0.717, 1.165) is 0 Å². The molecule has 1 amide bonds. The number of carbonyl (C=O) groups is 1. The normalized spacial score (nSPS) is 14.1. The molecular weight excluding hydrogens is 353 g/mol. The first-order valence-electron chi connectivity index (χ1n) is 7.44. The van der Waals surface area contributed by atoms with Crippen molar-refractivity contribution in [2.24, 2.45) is 5.73 Å². The number of amides is 1. The molecule has 0 fully saturated rings. The summed E-state index contributed by atoms with van der Waals surface area (Å²) in [7, 11) is 0. The van der Waals surface area contributed by atoms with Gasteiger partial charge in [-0.2, -0.15) is 13.2 Å². The van der Waals surface area contributed by atoms with E-state index >= 15 is 0 Å². The maximum Gasteiger partial charge on any atom is 0.405 e. The van der Waals surface area contributed by atoms with Gasteiger partial charge < -0.3 is 10.6 Å². The SMILES string of the molecule is NC(=O)c1ccc2c(c1)C(c1ccc(Cl)cc1)=CN(CC(F)(F)F)C2. The lowest BCUT2D eigenvalue weighted by molar-refractivity contribution is -0.141. The molecule has 130 valence electrons. The van der Waals surface area contributed by atoms with Crippen LogP contribution in [-0.4, -0.2) is 23.5 Å². The Morgan fingerprint density at radius 2 is 1.84 bits per heavy atom. The number of carbonyl (C=O) groups excluding carboxylic acids is 1. The van der Waals surface area contributed by atoms with Gasteiger partial charge in [0.2, 0.25) is 5.91 Å². The van der Waals surface area contributed by atoms with Gasteiger partial charge in [0.25, 0.3) is 0 Å². The number of nitrogens with two attached hydrogens (primary N) is 1. The number of hydrogen-bond acceptors (Lipinski definition) is 2. The van der Waals surface area contributed by atoms with Gasteiger partial charge in [-0.3, -0.25) is 4.79 Å². The Morgan fingerprint density at radius 1 is 1.16 bits per heavy atom. The van der Waals surface area contributed by atoms with Gasteiger partial charge in [0.15, 0.2) is 0 Å². The zero-order chi connectivity index (χ0) is 18.2. The fourth-order valence-corrected chi connectivity index (χ4v) is 2.95. The number of fused-ring (bicyclic) bond motifs is 1. The molecule has 0 saturated heterocycles. The maximum atomic E-state index is 12.8. The number of halogens is 4. The zero-order valence-corrected chi connectivity index (χ0v) is 13.7. The molecule has 2 aromatic rings. The number of primary amides is 1. The molecular formula is C18H14ClF3N2O. The molecule has 3 nitrogen and oxygen atoms in total. The van der Waals surface area contributed by atoms with E-state index in [1.54, 1.807) is 36.4 Å². The zero-order valence-electron chi connectivity index (χ0n) is 13.0. The number of benzene rings is 2. The van der Waals surface area contributed by atoms with Gasteiger partial charge in [-0.25, -0.2) is 0 Å². The Labute approximate surface area is 147 Å². The summed E-state index contributed by atoms with van der Waals surface area (Å²) < 4.78 is 38.5. The molecule has 1 heterocycles. The van der Waals surface area contributed by atoms with Crippen molar-refractivity contribution in [3.8, 4) is 0 Å². The molecule has 1 aliphatic heterocycles. The molecule has 7 heteroatoms. The second kappa shape index (κ2) is 6.44. The third kappa shape index (κ3) is 3.96. The summed E-state index contributed by atoms with van der Waals surface area (Å²) in [5.74, 6) is -0.587. The maximum absolute atomic E-state index is 12.8. The first-order valence-corrected chi connectivity index (χ1v) is 7.82. The van der Waals surface area contributed by atoms with Crippen LogP contribution in [0.3, 0.4) is 0 Å². The second-order valence-corrected chi connectivity index (χ2v) is 6.24. The van der Waals surface area contributed by atoms with Gasteiger partial charge in [0, 0.05) is 28.9 Å². The van der Waals surface area contributed by atoms with Crippen molar-refractivity contribution in [1.29, 1.82) is 0 Å². The van der Waals surface area contributed by atoms with Crippen LogP contribution in [0.1, 0.15) is 27.0 Å². The number of nitrogens with zero attached hydrogens (tertiary/aromatic N) is 1. The highest BCUT2D eigenvalue weighted by Gasteiger charge is 2.32. The number of rotatable bonds is 3. The summed E-state index contributed by atoms with van der Waals surface area (Å²) in [5.41, 5.74) is 8.32. The summed E-state index contributed by atoms with van der Waals surface area (Å²) >= 11 is 5.89. The molecule has 0 saturated carbocycles. The molecule has 2 N–H and O–H groups in total. The fraction of sp³-hybridized carbons (Fsp3) is 0.167. The van der Waals surface area contributed by atoms with Gasteiger partial charge >= 0.3 is 6.18 Å². The average molecular weight is 367 g/mol. The van der Waals surface area contributed by atoms with Crippen LogP contribution >= 0.6 is 11.6 Å². The molecule has 3 rings (SSSR count). The first-order chi connectivity index (χ1) is 11.7. The van der Waals surface area contributed by atoms with Crippen LogP contribution < -0.4 is 5.73 Å². The van der Waals surface area contributed by atoms with Crippen LogP contribution in [-0.2, 0) is 6.54 Å². The molecule has 0 bridgehead atoms. The van der Waals surface area contributed by atoms with Gasteiger partial charge in [-0.05, 0) is 41.0 Å². The van der Waals surface area contributed by atoms with E-state index in [-0.39, 0.29) is 6.54 Å². The minimum atomic E-state index is -4.31. The highest BCUT2D eigenvalue weighted by atomic mass is 35.5. The lowest BCUT2D eigenvalue weighted by Crippen LogP contribution is -2.32. The van der Waals surface area contributed by atoms with Crippen LogP contribution in [0.5, 0.6) is 0 Å². The number of alkyl halides is 3. The van der Waals surface area contributed by atoms with Crippen molar-refractivity contribution in [3.05, 3.63) is 75.9 Å². The largest absolute Gasteiger partial charge is 0.405 e. The summed E-state index contributed by atoms with van der Waals surface area (Å²) in [6.45, 7) is -0.952. The highest BCUT2D eigenvalue weighted by molar-refractivity contribution is 6.30. The monoisotopic (exact) mass is 366 g/mol. The number of hydrogen-bond donors (Lipinski definition) is 1. The molecule has 0 aliphatic carbocycles. The van der Waals surface area contributed by atoms with Crippen molar-refractivity contribution in [3.63, 3.8) is 0 Å². The van der Waals surface area contributed by atoms with Gasteiger partial charge in [-0.15, -0.1) is 0 Å². The standard InChI is InChI=1S/C18H14ClF3N2O/c19-14-5-3-11(4-6-14)16-9-24(10-18(20,21)22)8-13-2-1-12(17(23)25)7-15(13)16/h1-7,9H,8,10H2,(H2,23,25). The fourth-order valence-electron chi connectivity index (χ4n) is 2.83. The van der Waals surface area contributed by atoms with Gasteiger partial charge in [0.1, 0.15) is 6.54 Å². The Bertz CT molecular complexity index is 844. The van der Waals surface area contributed by atoms with Crippen LogP contribution in [0, 0.1) is 0 Å². The summed E-state index contributed by atoms with van der Waals surface area (Å²) in [6, 6.07) is 11.6. The Hall–Kier alpha value is -2.47. The molecule has 2 aromatic carbocycles. The summed E-state index contributed by atoms with van der Waals surface area (Å²) in [6.07, 6.45) is -2.85. The molecule has 0 unspecified atom stereocenters. The highest BCUT2D eigenvalue weighted by Crippen LogP contribution is 2.34. The van der Waals surface area contributed by atoms with E-state index in [1.807, 2.05) is 0 Å². The van der Waals surface area contributed by atoms with Crippen molar-refractivity contribution in [2.75, 3.05) is 6.54 Å². The predicted octanol–water partition coefficient (Wildman–Crippen LogP) is 4.21. The van der Waals surface area contributed by atoms with E-state index in [1.165, 1.54) is 17.2 Å². The minimum Gasteiger partial charge on any atom is -0.366 e. The van der Waals surface area contributed by atoms with Crippen LogP contribution in [0.15, 0.2) is 48.7 Å². The van der Waals surface area contributed by atoms with Crippen LogP contribution in [0.25, 0.3) is 5.57 Å². The van der Waals surface area contributed by atoms with E-state index < -0.39 is 18.6 Å². The topological polar surface area (TPSA) is 46.3 Å². The quantitative estimate of drug-likeness (QED) is 0.884. The second-order valence-electron chi connectivity index (χ2n) is 5.81. The predicted molar refractivity (Wildman–Crippen MR) is 90.0 cm³/mol. The van der Waals surface area contributed by atoms with Crippen LogP contribution in [0.4, 0.5) is 13.2 Å². The van der Waals surface area contributed by atoms with Crippen molar-refractivity contribution < 1.29 is 18.0 Å². The average Bonchev–Trinajstić information content (AvgIpc) is 2.53. The molecule has 0 spiro atoms. The molecule has 0 radical (unpaired) electrons. The lowest BCUT2D eigenvalue weighted by atomic mass is 9.90. The first kappa shape index (κ1) is 17.4. The smallest absolute Gasteiger partial charge is 0.366 e. The Morgan fingerprint density at radius 3 is 2.44 bits per heavy atom. The lowest BCUT2D eigenvalue weighted by Gasteiger charge is -2.30. The summed E-state index contributed by atoms with van der Waals surface area (Å²) in [4.78, 5) is 12.7. The van der Waals surface area contributed by atoms with Crippen LogP contribution in [0.2, 0.25) is 5.02 Å². The van der Waals surface area contributed by atoms with E-state index in [2.05, 4.69) is 0 Å². The molecule has 0 atom stereocenters. The Kier molecular flexibility index (Phi) is 4.47. The van der Waals surface area contributed by atoms with Crippen molar-refractivity contribution in [2.45, 2.75) is 12.7 Å². The van der Waals surface area contributed by atoms with E-state index in [9.17, 15) is 18.0 Å². The minimum absolute atomic E-state index is 0.102. The molecule has 1 aliphatic rings.